The van der Waals surface area contributed by atoms with E-state index < -0.39 is 0 Å². The molecule has 1 aliphatic rings. The van der Waals surface area contributed by atoms with Crippen molar-refractivity contribution in [3.8, 4) is 0 Å². The van der Waals surface area contributed by atoms with E-state index in [0.29, 0.717) is 12.6 Å². The smallest absolute Gasteiger partial charge is 0.0558 e. The molecule has 3 nitrogen and oxygen atoms in total. The van der Waals surface area contributed by atoms with E-state index in [4.69, 9.17) is 5.73 Å². The molecule has 1 fully saturated rings. The van der Waals surface area contributed by atoms with Gasteiger partial charge in [-0.25, -0.2) is 0 Å². The zero-order chi connectivity index (χ0) is 13.7. The topological polar surface area (TPSA) is 49.5 Å². The van der Waals surface area contributed by atoms with Crippen LogP contribution in [-0.4, -0.2) is 29.2 Å². The van der Waals surface area contributed by atoms with Crippen molar-refractivity contribution in [2.24, 2.45) is 5.73 Å². The number of nitrogens with two attached hydrogens (primary N) is 1. The average molecular weight is 262 g/mol. The number of rotatable bonds is 6. The molecule has 0 aromatic heterocycles. The van der Waals surface area contributed by atoms with Crippen molar-refractivity contribution >= 4 is 0 Å². The Hall–Kier alpha value is -0.900. The molecule has 1 aliphatic carbocycles. The third kappa shape index (κ3) is 3.78. The molecule has 0 unspecified atom stereocenters. The first-order valence-electron chi connectivity index (χ1n) is 7.38. The van der Waals surface area contributed by atoms with Crippen molar-refractivity contribution in [3.05, 3.63) is 34.9 Å². The van der Waals surface area contributed by atoms with Crippen LogP contribution in [0.2, 0.25) is 0 Å². The summed E-state index contributed by atoms with van der Waals surface area (Å²) in [6, 6.07) is 7.15. The predicted molar refractivity (Wildman–Crippen MR) is 78.8 cm³/mol. The second-order valence-corrected chi connectivity index (χ2v) is 5.60. The van der Waals surface area contributed by atoms with Gasteiger partial charge in [0.2, 0.25) is 0 Å². The van der Waals surface area contributed by atoms with Crippen LogP contribution in [0.25, 0.3) is 0 Å². The Morgan fingerprint density at radius 3 is 2.63 bits per heavy atom. The van der Waals surface area contributed by atoms with E-state index in [-0.39, 0.29) is 6.61 Å². The highest BCUT2D eigenvalue weighted by Gasteiger charge is 2.22. The Morgan fingerprint density at radius 2 is 2.05 bits per heavy atom. The fourth-order valence-corrected chi connectivity index (χ4v) is 3.07. The van der Waals surface area contributed by atoms with Gasteiger partial charge in [-0.3, -0.25) is 4.90 Å². The molecule has 19 heavy (non-hydrogen) atoms. The van der Waals surface area contributed by atoms with E-state index >= 15 is 0 Å². The predicted octanol–water partition coefficient (Wildman–Crippen LogP) is 2.19. The van der Waals surface area contributed by atoms with Gasteiger partial charge in [0, 0.05) is 25.7 Å². The molecule has 0 saturated heterocycles. The number of aliphatic hydroxyl groups is 1. The van der Waals surface area contributed by atoms with Gasteiger partial charge in [-0.15, -0.1) is 0 Å². The number of nitrogens with zero attached hydrogens (tertiary/aromatic N) is 1. The molecule has 3 heteroatoms. The lowest BCUT2D eigenvalue weighted by molar-refractivity contribution is 0.144. The van der Waals surface area contributed by atoms with Gasteiger partial charge in [-0.2, -0.15) is 0 Å². The minimum absolute atomic E-state index is 0.246. The first-order chi connectivity index (χ1) is 9.24. The molecular formula is C16H26N2O. The van der Waals surface area contributed by atoms with Gasteiger partial charge in [0.15, 0.2) is 0 Å². The van der Waals surface area contributed by atoms with Crippen LogP contribution in [0.1, 0.15) is 42.4 Å². The summed E-state index contributed by atoms with van der Waals surface area (Å²) in [5.41, 5.74) is 9.53. The van der Waals surface area contributed by atoms with Crippen LogP contribution in [0.5, 0.6) is 0 Å². The largest absolute Gasteiger partial charge is 0.395 e. The van der Waals surface area contributed by atoms with E-state index in [1.54, 1.807) is 0 Å². The van der Waals surface area contributed by atoms with Gasteiger partial charge in [-0.1, -0.05) is 31.0 Å². The standard InChI is InChI=1S/C16H26N2O/c1-13-10-14(11-17)6-7-15(13)12-18(8-9-19)16-4-2-3-5-16/h6-7,10,16,19H,2-5,8-9,11-12,17H2,1H3. The Balaban J connectivity index is 2.07. The summed E-state index contributed by atoms with van der Waals surface area (Å²) in [6.45, 7) is 4.73. The molecule has 106 valence electrons. The van der Waals surface area contributed by atoms with Crippen molar-refractivity contribution < 1.29 is 5.11 Å². The summed E-state index contributed by atoms with van der Waals surface area (Å²) in [4.78, 5) is 2.44. The van der Waals surface area contributed by atoms with Gasteiger partial charge in [0.05, 0.1) is 6.61 Å². The first kappa shape index (κ1) is 14.5. The zero-order valence-corrected chi connectivity index (χ0v) is 11.9. The van der Waals surface area contributed by atoms with Crippen LogP contribution in [-0.2, 0) is 13.1 Å². The third-order valence-electron chi connectivity index (χ3n) is 4.24. The van der Waals surface area contributed by atoms with Gasteiger partial charge in [0.25, 0.3) is 0 Å². The zero-order valence-electron chi connectivity index (χ0n) is 11.9. The monoisotopic (exact) mass is 262 g/mol. The fraction of sp³-hybridized carbons (Fsp3) is 0.625. The molecule has 0 atom stereocenters. The molecule has 0 spiro atoms. The molecule has 0 aliphatic heterocycles. The highest BCUT2D eigenvalue weighted by atomic mass is 16.3. The van der Waals surface area contributed by atoms with Gasteiger partial charge in [-0.05, 0) is 36.5 Å². The van der Waals surface area contributed by atoms with Crippen LogP contribution in [0.4, 0.5) is 0 Å². The quantitative estimate of drug-likeness (QED) is 0.826. The number of aryl methyl sites for hydroxylation is 1. The van der Waals surface area contributed by atoms with E-state index in [2.05, 4.69) is 30.0 Å². The second-order valence-electron chi connectivity index (χ2n) is 5.60. The Bertz CT molecular complexity index is 400. The maximum atomic E-state index is 9.27. The van der Waals surface area contributed by atoms with Crippen molar-refractivity contribution in [1.82, 2.24) is 4.90 Å². The molecule has 1 aromatic rings. The van der Waals surface area contributed by atoms with E-state index in [1.165, 1.54) is 42.4 Å². The molecule has 0 radical (unpaired) electrons. The van der Waals surface area contributed by atoms with E-state index in [1.807, 2.05) is 0 Å². The first-order valence-corrected chi connectivity index (χ1v) is 7.38. The SMILES string of the molecule is Cc1cc(CN)ccc1CN(CCO)C1CCCC1. The van der Waals surface area contributed by atoms with Crippen LogP contribution >= 0.6 is 0 Å². The van der Waals surface area contributed by atoms with Crippen molar-refractivity contribution in [3.63, 3.8) is 0 Å². The number of hydrogen-bond donors (Lipinski definition) is 2. The van der Waals surface area contributed by atoms with Gasteiger partial charge < -0.3 is 10.8 Å². The van der Waals surface area contributed by atoms with Crippen molar-refractivity contribution in [2.45, 2.75) is 51.7 Å². The molecule has 0 heterocycles. The summed E-state index contributed by atoms with van der Waals surface area (Å²) in [6.07, 6.45) is 5.22. The van der Waals surface area contributed by atoms with Crippen molar-refractivity contribution in [1.29, 1.82) is 0 Å². The number of benzene rings is 1. The summed E-state index contributed by atoms with van der Waals surface area (Å²) in [5, 5.41) is 9.27. The van der Waals surface area contributed by atoms with E-state index in [9.17, 15) is 5.11 Å². The minimum atomic E-state index is 0.246. The van der Waals surface area contributed by atoms with E-state index in [0.717, 1.165) is 13.1 Å². The molecule has 2 rings (SSSR count). The van der Waals surface area contributed by atoms with Gasteiger partial charge >= 0.3 is 0 Å². The summed E-state index contributed by atoms with van der Waals surface area (Å²) < 4.78 is 0. The molecule has 0 bridgehead atoms. The average Bonchev–Trinajstić information content (AvgIpc) is 2.94. The molecule has 3 N–H and O–H groups in total. The molecule has 1 saturated carbocycles. The third-order valence-corrected chi connectivity index (χ3v) is 4.24. The fourth-order valence-electron chi connectivity index (χ4n) is 3.07. The molecule has 0 amide bonds. The van der Waals surface area contributed by atoms with Gasteiger partial charge in [0.1, 0.15) is 0 Å². The maximum Gasteiger partial charge on any atom is 0.0558 e. The second kappa shape index (κ2) is 7.04. The Kier molecular flexibility index (Phi) is 5.37. The Morgan fingerprint density at radius 1 is 1.32 bits per heavy atom. The highest BCUT2D eigenvalue weighted by Crippen LogP contribution is 2.25. The lowest BCUT2D eigenvalue weighted by Gasteiger charge is -2.28. The minimum Gasteiger partial charge on any atom is -0.395 e. The molecule has 1 aromatic carbocycles. The maximum absolute atomic E-state index is 9.27. The lowest BCUT2D eigenvalue weighted by Crippen LogP contribution is -2.35. The lowest BCUT2D eigenvalue weighted by atomic mass is 10.0. The number of hydrogen-bond acceptors (Lipinski definition) is 3. The summed E-state index contributed by atoms with van der Waals surface area (Å²) >= 11 is 0. The molecular weight excluding hydrogens is 236 g/mol. The summed E-state index contributed by atoms with van der Waals surface area (Å²) in [7, 11) is 0. The number of aliphatic hydroxyl groups excluding tert-OH is 1. The Labute approximate surface area is 116 Å². The highest BCUT2D eigenvalue weighted by molar-refractivity contribution is 5.31. The van der Waals surface area contributed by atoms with Crippen LogP contribution < -0.4 is 5.73 Å². The normalized spacial score (nSPS) is 16.4. The van der Waals surface area contributed by atoms with Crippen LogP contribution in [0.3, 0.4) is 0 Å². The summed E-state index contributed by atoms with van der Waals surface area (Å²) in [5.74, 6) is 0. The van der Waals surface area contributed by atoms with Crippen LogP contribution in [0, 0.1) is 6.92 Å². The van der Waals surface area contributed by atoms with Crippen LogP contribution in [0.15, 0.2) is 18.2 Å². The van der Waals surface area contributed by atoms with Crippen molar-refractivity contribution in [2.75, 3.05) is 13.2 Å².